The molecule has 150 valence electrons. The summed E-state index contributed by atoms with van der Waals surface area (Å²) in [6.45, 7) is 4.61. The maximum Gasteiger partial charge on any atom is 0.315 e. The van der Waals surface area contributed by atoms with E-state index >= 15 is 0 Å². The lowest BCUT2D eigenvalue weighted by molar-refractivity contribution is 0.234. The molecule has 0 atom stereocenters. The Kier molecular flexibility index (Phi) is 5.76. The predicted octanol–water partition coefficient (Wildman–Crippen LogP) is 1.98. The summed E-state index contributed by atoms with van der Waals surface area (Å²) in [7, 11) is 0. The first-order chi connectivity index (χ1) is 13.7. The highest BCUT2D eigenvalue weighted by molar-refractivity contribution is 5.74. The minimum Gasteiger partial charge on any atom is -0.369 e. The number of nitrogens with zero attached hydrogens (tertiary/aromatic N) is 3. The van der Waals surface area contributed by atoms with Crippen molar-refractivity contribution in [2.24, 2.45) is 0 Å². The number of carbonyl (C=O) groups excluding carboxylic acids is 1. The molecule has 1 saturated heterocycles. The number of benzene rings is 1. The van der Waals surface area contributed by atoms with Crippen molar-refractivity contribution in [1.82, 2.24) is 25.7 Å². The molecular weight excluding hydrogens is 359 g/mol. The van der Waals surface area contributed by atoms with Gasteiger partial charge in [0.1, 0.15) is 5.82 Å². The highest BCUT2D eigenvalue weighted by atomic mass is 19.1. The van der Waals surface area contributed by atoms with Crippen molar-refractivity contribution < 1.29 is 9.18 Å². The van der Waals surface area contributed by atoms with E-state index in [0.717, 1.165) is 63.4 Å². The molecule has 4 rings (SSSR count). The maximum atomic E-state index is 13.9. The third-order valence-corrected chi connectivity index (χ3v) is 5.40. The van der Waals surface area contributed by atoms with Gasteiger partial charge < -0.3 is 20.9 Å². The number of fused-ring (bicyclic) bond motifs is 1. The molecule has 0 aliphatic carbocycles. The molecule has 28 heavy (non-hydrogen) atoms. The molecule has 8 heteroatoms. The summed E-state index contributed by atoms with van der Waals surface area (Å²) in [5.41, 5.74) is 2.68. The summed E-state index contributed by atoms with van der Waals surface area (Å²) >= 11 is 0. The van der Waals surface area contributed by atoms with Crippen molar-refractivity contribution in [1.29, 1.82) is 0 Å². The average Bonchev–Trinajstić information content (AvgIpc) is 2.96. The Morgan fingerprint density at radius 2 is 2.07 bits per heavy atom. The first kappa shape index (κ1) is 18.7. The number of halogens is 1. The van der Waals surface area contributed by atoms with Crippen LogP contribution in [0.4, 0.5) is 14.9 Å². The highest BCUT2D eigenvalue weighted by Gasteiger charge is 2.22. The number of anilines is 1. The van der Waals surface area contributed by atoms with Crippen molar-refractivity contribution in [3.05, 3.63) is 47.5 Å². The van der Waals surface area contributed by atoms with Crippen molar-refractivity contribution in [2.45, 2.75) is 44.9 Å². The number of piperidine rings is 1. The lowest BCUT2D eigenvalue weighted by Gasteiger charge is -2.34. The van der Waals surface area contributed by atoms with Crippen LogP contribution in [0.2, 0.25) is 0 Å². The summed E-state index contributed by atoms with van der Waals surface area (Å²) < 4.78 is 15.9. The summed E-state index contributed by atoms with van der Waals surface area (Å²) in [5.74, 6) is -0.194. The summed E-state index contributed by atoms with van der Waals surface area (Å²) in [6.07, 6.45) is 2.66. The lowest BCUT2D eigenvalue weighted by Crippen LogP contribution is -2.48. The minimum absolute atomic E-state index is 0.103. The summed E-state index contributed by atoms with van der Waals surface area (Å²) in [5, 5.41) is 13.9. The van der Waals surface area contributed by atoms with E-state index in [2.05, 4.69) is 21.0 Å². The van der Waals surface area contributed by atoms with Crippen molar-refractivity contribution in [2.75, 3.05) is 24.5 Å². The van der Waals surface area contributed by atoms with E-state index in [4.69, 9.17) is 0 Å². The normalized spacial score (nSPS) is 17.7. The van der Waals surface area contributed by atoms with Gasteiger partial charge in [-0.15, -0.1) is 0 Å². The van der Waals surface area contributed by atoms with E-state index in [1.807, 2.05) is 21.7 Å². The number of amides is 2. The average molecular weight is 386 g/mol. The van der Waals surface area contributed by atoms with Crippen LogP contribution in [0.5, 0.6) is 0 Å². The van der Waals surface area contributed by atoms with Crippen molar-refractivity contribution in [3.63, 3.8) is 0 Å². The van der Waals surface area contributed by atoms with Crippen LogP contribution in [0.3, 0.4) is 0 Å². The number of carbonyl (C=O) groups is 1. The van der Waals surface area contributed by atoms with Crippen LogP contribution in [0, 0.1) is 5.82 Å². The number of para-hydroxylation sites is 1. The third-order valence-electron chi connectivity index (χ3n) is 5.40. The molecule has 3 N–H and O–H groups in total. The Morgan fingerprint density at radius 3 is 2.89 bits per heavy atom. The zero-order chi connectivity index (χ0) is 19.3. The number of urea groups is 1. The molecule has 3 heterocycles. The number of aromatic nitrogens is 2. The molecular formula is C20H27FN6O. The van der Waals surface area contributed by atoms with Crippen LogP contribution < -0.4 is 20.9 Å². The largest absolute Gasteiger partial charge is 0.369 e. The number of hydrogen-bond donors (Lipinski definition) is 3. The van der Waals surface area contributed by atoms with Crippen LogP contribution in [-0.2, 0) is 19.6 Å². The fourth-order valence-electron chi connectivity index (χ4n) is 3.89. The molecule has 0 bridgehead atoms. The molecule has 0 spiro atoms. The smallest absolute Gasteiger partial charge is 0.315 e. The van der Waals surface area contributed by atoms with Gasteiger partial charge in [0.05, 0.1) is 23.6 Å². The lowest BCUT2D eigenvalue weighted by atomic mass is 10.0. The van der Waals surface area contributed by atoms with Gasteiger partial charge in [-0.2, -0.15) is 5.10 Å². The molecule has 0 radical (unpaired) electrons. The van der Waals surface area contributed by atoms with Crippen molar-refractivity contribution in [3.8, 4) is 0 Å². The van der Waals surface area contributed by atoms with E-state index in [1.165, 1.54) is 6.07 Å². The fraction of sp³-hybridized carbons (Fsp3) is 0.500. The van der Waals surface area contributed by atoms with Gasteiger partial charge in [0, 0.05) is 32.2 Å². The van der Waals surface area contributed by atoms with Crippen LogP contribution >= 0.6 is 0 Å². The van der Waals surface area contributed by atoms with Gasteiger partial charge in [-0.25, -0.2) is 9.18 Å². The van der Waals surface area contributed by atoms with Crippen LogP contribution in [0.15, 0.2) is 30.3 Å². The van der Waals surface area contributed by atoms with Gasteiger partial charge in [0.25, 0.3) is 0 Å². The monoisotopic (exact) mass is 386 g/mol. The Balaban J connectivity index is 1.22. The van der Waals surface area contributed by atoms with Gasteiger partial charge in [-0.3, -0.25) is 4.68 Å². The van der Waals surface area contributed by atoms with Gasteiger partial charge >= 0.3 is 6.03 Å². The van der Waals surface area contributed by atoms with Gasteiger partial charge in [0.15, 0.2) is 0 Å². The topological polar surface area (TPSA) is 74.2 Å². The molecule has 7 nitrogen and oxygen atoms in total. The maximum absolute atomic E-state index is 13.9. The number of aryl methyl sites for hydroxylation is 1. The second kappa shape index (κ2) is 8.60. The second-order valence-corrected chi connectivity index (χ2v) is 7.42. The number of hydrogen-bond acceptors (Lipinski definition) is 4. The van der Waals surface area contributed by atoms with E-state index in [9.17, 15) is 9.18 Å². The molecule has 1 aromatic carbocycles. The van der Waals surface area contributed by atoms with E-state index in [1.54, 1.807) is 12.1 Å². The Labute approximate surface area is 164 Å². The standard InChI is InChI=1S/C20H27FN6O/c21-18-4-1-2-5-19(18)26-10-6-15(7-11-26)24-20(28)23-13-16-12-17-14-22-8-3-9-27(17)25-16/h1-2,4-5,12,15,22H,3,6-11,13-14H2,(H2,23,24,28). The Bertz CT molecular complexity index is 791. The molecule has 0 unspecified atom stereocenters. The zero-order valence-corrected chi connectivity index (χ0v) is 16.0. The zero-order valence-electron chi connectivity index (χ0n) is 16.0. The van der Waals surface area contributed by atoms with E-state index < -0.39 is 0 Å². The van der Waals surface area contributed by atoms with Gasteiger partial charge in [-0.05, 0) is 44.0 Å². The summed E-state index contributed by atoms with van der Waals surface area (Å²) in [4.78, 5) is 14.3. The Hall–Kier alpha value is -2.61. The number of nitrogens with one attached hydrogen (secondary N) is 3. The fourth-order valence-corrected chi connectivity index (χ4v) is 3.89. The minimum atomic E-state index is -0.194. The number of rotatable bonds is 4. The first-order valence-corrected chi connectivity index (χ1v) is 9.99. The summed E-state index contributed by atoms with van der Waals surface area (Å²) in [6, 6.07) is 8.81. The van der Waals surface area contributed by atoms with E-state index in [0.29, 0.717) is 12.2 Å². The Morgan fingerprint density at radius 1 is 1.25 bits per heavy atom. The van der Waals surface area contributed by atoms with Gasteiger partial charge in [-0.1, -0.05) is 12.1 Å². The molecule has 2 aliphatic heterocycles. The highest BCUT2D eigenvalue weighted by Crippen LogP contribution is 2.22. The quantitative estimate of drug-likeness (QED) is 0.751. The molecule has 2 aliphatic rings. The molecule has 0 saturated carbocycles. The SMILES string of the molecule is O=C(NCc1cc2n(n1)CCCNC2)NC1CCN(c2ccccc2F)CC1. The third kappa shape index (κ3) is 4.44. The second-order valence-electron chi connectivity index (χ2n) is 7.42. The van der Waals surface area contributed by atoms with Crippen LogP contribution in [-0.4, -0.2) is 41.5 Å². The molecule has 2 aromatic rings. The van der Waals surface area contributed by atoms with Crippen LogP contribution in [0.25, 0.3) is 0 Å². The van der Waals surface area contributed by atoms with Gasteiger partial charge in [0.2, 0.25) is 0 Å². The molecule has 2 amide bonds. The van der Waals surface area contributed by atoms with Crippen LogP contribution in [0.1, 0.15) is 30.7 Å². The molecule has 1 fully saturated rings. The first-order valence-electron chi connectivity index (χ1n) is 9.99. The van der Waals surface area contributed by atoms with E-state index in [-0.39, 0.29) is 17.9 Å². The molecule has 1 aromatic heterocycles. The predicted molar refractivity (Wildman–Crippen MR) is 106 cm³/mol. The van der Waals surface area contributed by atoms with Crippen molar-refractivity contribution >= 4 is 11.7 Å².